The number of carbonyl (C=O) groups is 1. The number of nitrogens with one attached hydrogen (secondary N) is 1. The van der Waals surface area contributed by atoms with E-state index in [4.69, 9.17) is 9.47 Å². The van der Waals surface area contributed by atoms with Crippen molar-refractivity contribution in [2.45, 2.75) is 0 Å². The minimum Gasteiger partial charge on any atom is -0.493 e. The minimum absolute atomic E-state index is 0.111. The quantitative estimate of drug-likeness (QED) is 0.941. The topological polar surface area (TPSA) is 47.6 Å². The molecule has 0 bridgehead atoms. The third kappa shape index (κ3) is 2.94. The van der Waals surface area contributed by atoms with Crippen LogP contribution in [-0.2, 0) is 0 Å². The molecule has 0 spiro atoms. The first kappa shape index (κ1) is 14.8. The third-order valence-corrected chi connectivity index (χ3v) is 2.85. The molecule has 0 heterocycles. The van der Waals surface area contributed by atoms with E-state index in [1.54, 1.807) is 12.1 Å². The lowest BCUT2D eigenvalue weighted by Crippen LogP contribution is -2.15. The summed E-state index contributed by atoms with van der Waals surface area (Å²) in [7, 11) is 2.80. The first-order valence-electron chi connectivity index (χ1n) is 6.04. The average molecular weight is 293 g/mol. The molecule has 0 aromatic heterocycles. The van der Waals surface area contributed by atoms with Crippen LogP contribution in [0.3, 0.4) is 0 Å². The number of rotatable bonds is 4. The van der Waals surface area contributed by atoms with Crippen molar-refractivity contribution in [2.75, 3.05) is 19.5 Å². The molecule has 0 saturated carbocycles. The first-order chi connectivity index (χ1) is 10.1. The third-order valence-electron chi connectivity index (χ3n) is 2.85. The van der Waals surface area contributed by atoms with Crippen molar-refractivity contribution >= 4 is 11.6 Å². The van der Waals surface area contributed by atoms with Gasteiger partial charge in [-0.05, 0) is 24.3 Å². The Labute approximate surface area is 120 Å². The highest BCUT2D eigenvalue weighted by Gasteiger charge is 2.19. The van der Waals surface area contributed by atoms with Gasteiger partial charge in [-0.3, -0.25) is 4.79 Å². The SMILES string of the molecule is COc1cccc(C(=O)Nc2c(F)cccc2F)c1OC. The number of amides is 1. The van der Waals surface area contributed by atoms with Crippen molar-refractivity contribution in [1.29, 1.82) is 0 Å². The van der Waals surface area contributed by atoms with Crippen LogP contribution >= 0.6 is 0 Å². The highest BCUT2D eigenvalue weighted by Crippen LogP contribution is 2.31. The molecule has 0 unspecified atom stereocenters. The highest BCUT2D eigenvalue weighted by molar-refractivity contribution is 6.06. The number of methoxy groups -OCH3 is 2. The van der Waals surface area contributed by atoms with Gasteiger partial charge in [-0.25, -0.2) is 8.78 Å². The molecule has 4 nitrogen and oxygen atoms in total. The van der Waals surface area contributed by atoms with Gasteiger partial charge >= 0.3 is 0 Å². The predicted octanol–water partition coefficient (Wildman–Crippen LogP) is 3.23. The monoisotopic (exact) mass is 293 g/mol. The van der Waals surface area contributed by atoms with Gasteiger partial charge in [0, 0.05) is 0 Å². The van der Waals surface area contributed by atoms with Crippen LogP contribution in [0.5, 0.6) is 11.5 Å². The molecule has 110 valence electrons. The van der Waals surface area contributed by atoms with E-state index in [2.05, 4.69) is 5.32 Å². The minimum atomic E-state index is -0.856. The van der Waals surface area contributed by atoms with Crippen molar-refractivity contribution in [3.8, 4) is 11.5 Å². The number of benzene rings is 2. The maximum Gasteiger partial charge on any atom is 0.259 e. The summed E-state index contributed by atoms with van der Waals surface area (Å²) in [4.78, 5) is 12.2. The van der Waals surface area contributed by atoms with E-state index < -0.39 is 23.2 Å². The van der Waals surface area contributed by atoms with Gasteiger partial charge in [0.2, 0.25) is 0 Å². The van der Waals surface area contributed by atoms with E-state index in [1.807, 2.05) is 0 Å². The van der Waals surface area contributed by atoms with Crippen molar-refractivity contribution in [3.05, 3.63) is 53.6 Å². The molecule has 0 aliphatic heterocycles. The van der Waals surface area contributed by atoms with Gasteiger partial charge in [0.25, 0.3) is 5.91 Å². The van der Waals surface area contributed by atoms with Gasteiger partial charge < -0.3 is 14.8 Å². The second kappa shape index (κ2) is 6.21. The van der Waals surface area contributed by atoms with E-state index in [-0.39, 0.29) is 11.3 Å². The molecular formula is C15H13F2NO3. The Bertz CT molecular complexity index is 654. The molecule has 6 heteroatoms. The van der Waals surface area contributed by atoms with Gasteiger partial charge in [0.1, 0.15) is 17.3 Å². The van der Waals surface area contributed by atoms with Crippen LogP contribution in [0.25, 0.3) is 0 Å². The second-order valence-electron chi connectivity index (χ2n) is 4.09. The zero-order valence-corrected chi connectivity index (χ0v) is 11.4. The first-order valence-corrected chi connectivity index (χ1v) is 6.04. The van der Waals surface area contributed by atoms with E-state index in [9.17, 15) is 13.6 Å². The van der Waals surface area contributed by atoms with Crippen LogP contribution in [0.2, 0.25) is 0 Å². The van der Waals surface area contributed by atoms with Crippen LogP contribution in [0.15, 0.2) is 36.4 Å². The molecular weight excluding hydrogens is 280 g/mol. The summed E-state index contributed by atoms with van der Waals surface area (Å²) in [5.74, 6) is -1.88. The normalized spacial score (nSPS) is 10.1. The summed E-state index contributed by atoms with van der Waals surface area (Å²) in [6.45, 7) is 0. The smallest absolute Gasteiger partial charge is 0.259 e. The Morgan fingerprint density at radius 2 is 1.62 bits per heavy atom. The summed E-state index contributed by atoms with van der Waals surface area (Å²) in [6.07, 6.45) is 0. The number of para-hydroxylation sites is 2. The van der Waals surface area contributed by atoms with Crippen molar-refractivity contribution in [3.63, 3.8) is 0 Å². The van der Waals surface area contributed by atoms with E-state index in [1.165, 1.54) is 26.4 Å². The van der Waals surface area contributed by atoms with Crippen molar-refractivity contribution < 1.29 is 23.0 Å². The fourth-order valence-electron chi connectivity index (χ4n) is 1.86. The second-order valence-corrected chi connectivity index (χ2v) is 4.09. The molecule has 0 atom stereocenters. The summed E-state index contributed by atoms with van der Waals surface area (Å²) in [5, 5.41) is 2.20. The molecule has 2 rings (SSSR count). The van der Waals surface area contributed by atoms with E-state index >= 15 is 0 Å². The summed E-state index contributed by atoms with van der Waals surface area (Å²) in [5.41, 5.74) is -0.396. The van der Waals surface area contributed by atoms with Gasteiger partial charge in [0.15, 0.2) is 11.5 Å². The Hall–Kier alpha value is -2.63. The number of carbonyl (C=O) groups excluding carboxylic acids is 1. The lowest BCUT2D eigenvalue weighted by atomic mass is 10.1. The summed E-state index contributed by atoms with van der Waals surface area (Å²) < 4.78 is 37.3. The van der Waals surface area contributed by atoms with E-state index in [0.717, 1.165) is 12.1 Å². The van der Waals surface area contributed by atoms with E-state index in [0.29, 0.717) is 5.75 Å². The molecule has 1 N–H and O–H groups in total. The molecule has 2 aromatic rings. The van der Waals surface area contributed by atoms with Crippen LogP contribution < -0.4 is 14.8 Å². The average Bonchev–Trinajstić information content (AvgIpc) is 2.49. The Balaban J connectivity index is 2.37. The highest BCUT2D eigenvalue weighted by atomic mass is 19.1. The lowest BCUT2D eigenvalue weighted by Gasteiger charge is -2.13. The predicted molar refractivity (Wildman–Crippen MR) is 73.9 cm³/mol. The molecule has 1 amide bonds. The Morgan fingerprint density at radius 1 is 1.00 bits per heavy atom. The Morgan fingerprint density at radius 3 is 2.19 bits per heavy atom. The number of anilines is 1. The molecule has 0 saturated heterocycles. The largest absolute Gasteiger partial charge is 0.493 e. The zero-order chi connectivity index (χ0) is 15.4. The van der Waals surface area contributed by atoms with Gasteiger partial charge in [-0.1, -0.05) is 12.1 Å². The maximum absolute atomic E-state index is 13.5. The molecule has 0 aliphatic carbocycles. The molecule has 0 fully saturated rings. The number of hydrogen-bond acceptors (Lipinski definition) is 3. The van der Waals surface area contributed by atoms with Crippen molar-refractivity contribution in [1.82, 2.24) is 0 Å². The van der Waals surface area contributed by atoms with Crippen LogP contribution in [0.1, 0.15) is 10.4 Å². The van der Waals surface area contributed by atoms with Gasteiger partial charge in [-0.15, -0.1) is 0 Å². The molecule has 2 aromatic carbocycles. The lowest BCUT2D eigenvalue weighted by molar-refractivity contribution is 0.102. The van der Waals surface area contributed by atoms with Crippen LogP contribution in [0.4, 0.5) is 14.5 Å². The maximum atomic E-state index is 13.5. The standard InChI is InChI=1S/C15H13F2NO3/c1-20-12-8-3-5-9(14(12)21-2)15(19)18-13-10(16)6-4-7-11(13)17/h3-8H,1-2H3,(H,18,19). The molecule has 0 aliphatic rings. The summed E-state index contributed by atoms with van der Waals surface area (Å²) in [6, 6.07) is 7.98. The fraction of sp³-hybridized carbons (Fsp3) is 0.133. The fourth-order valence-corrected chi connectivity index (χ4v) is 1.86. The van der Waals surface area contributed by atoms with Gasteiger partial charge in [-0.2, -0.15) is 0 Å². The molecule has 0 radical (unpaired) electrons. The number of halogens is 2. The summed E-state index contributed by atoms with van der Waals surface area (Å²) >= 11 is 0. The van der Waals surface area contributed by atoms with Crippen LogP contribution in [0, 0.1) is 11.6 Å². The Kier molecular flexibility index (Phi) is 4.37. The van der Waals surface area contributed by atoms with Crippen LogP contribution in [-0.4, -0.2) is 20.1 Å². The number of ether oxygens (including phenoxy) is 2. The van der Waals surface area contributed by atoms with Crippen molar-refractivity contribution in [2.24, 2.45) is 0 Å². The molecule has 21 heavy (non-hydrogen) atoms. The van der Waals surface area contributed by atoms with Gasteiger partial charge in [0.05, 0.1) is 19.8 Å². The number of hydrogen-bond donors (Lipinski definition) is 1. The zero-order valence-electron chi connectivity index (χ0n) is 11.4.